The molecule has 0 saturated heterocycles. The van der Waals surface area contributed by atoms with E-state index in [1.165, 1.54) is 6.07 Å². The summed E-state index contributed by atoms with van der Waals surface area (Å²) in [6.45, 7) is 1.72. The Morgan fingerprint density at radius 3 is 2.71 bits per heavy atom. The average Bonchev–Trinajstić information content (AvgIpc) is 3.28. The van der Waals surface area contributed by atoms with Crippen LogP contribution in [-0.2, 0) is 14.8 Å². The summed E-state index contributed by atoms with van der Waals surface area (Å²) in [5, 5.41) is 5.80. The van der Waals surface area contributed by atoms with Crippen LogP contribution in [0.25, 0.3) is 0 Å². The van der Waals surface area contributed by atoms with Crippen LogP contribution in [0.1, 0.15) is 31.4 Å². The molecule has 0 bridgehead atoms. The van der Waals surface area contributed by atoms with Crippen LogP contribution in [0.3, 0.4) is 0 Å². The minimum absolute atomic E-state index is 0.0540. The van der Waals surface area contributed by atoms with Gasteiger partial charge in [-0.25, -0.2) is 13.1 Å². The topological polar surface area (TPSA) is 87.3 Å². The van der Waals surface area contributed by atoms with Gasteiger partial charge in [0.1, 0.15) is 0 Å². The molecule has 1 saturated carbocycles. The average molecular weight is 311 g/mol. The Bertz CT molecular complexity index is 612. The van der Waals surface area contributed by atoms with Gasteiger partial charge in [0.15, 0.2) is 0 Å². The fourth-order valence-electron chi connectivity index (χ4n) is 1.87. The van der Waals surface area contributed by atoms with E-state index >= 15 is 0 Å². The molecule has 116 valence electrons. The van der Waals surface area contributed by atoms with Gasteiger partial charge in [-0.2, -0.15) is 0 Å². The number of carbonyl (C=O) groups is 1. The molecule has 0 aliphatic heterocycles. The first kappa shape index (κ1) is 15.9. The minimum Gasteiger partial charge on any atom is -0.352 e. The van der Waals surface area contributed by atoms with E-state index in [-0.39, 0.29) is 29.4 Å². The zero-order valence-electron chi connectivity index (χ0n) is 12.2. The van der Waals surface area contributed by atoms with Crippen molar-refractivity contribution in [2.24, 2.45) is 0 Å². The summed E-state index contributed by atoms with van der Waals surface area (Å²) in [5.41, 5.74) is 0.878. The van der Waals surface area contributed by atoms with Crippen LogP contribution in [-0.4, -0.2) is 34.0 Å². The van der Waals surface area contributed by atoms with Gasteiger partial charge < -0.3 is 10.6 Å². The number of rotatable bonds is 7. The van der Waals surface area contributed by atoms with E-state index in [9.17, 15) is 13.2 Å². The Morgan fingerprint density at radius 1 is 1.38 bits per heavy atom. The summed E-state index contributed by atoms with van der Waals surface area (Å²) in [5.74, 6) is -0.291. The molecule has 0 spiro atoms. The molecule has 6 nitrogen and oxygen atoms in total. The summed E-state index contributed by atoms with van der Waals surface area (Å²) < 4.78 is 26.7. The van der Waals surface area contributed by atoms with Crippen molar-refractivity contribution in [3.63, 3.8) is 0 Å². The number of hydrogen-bond acceptors (Lipinski definition) is 4. The van der Waals surface area contributed by atoms with Crippen molar-refractivity contribution in [1.29, 1.82) is 0 Å². The maximum atomic E-state index is 12.2. The molecule has 1 unspecified atom stereocenters. The normalized spacial score (nSPS) is 16.5. The third-order valence-electron chi connectivity index (χ3n) is 3.47. The first-order valence-corrected chi connectivity index (χ1v) is 8.47. The second-order valence-electron chi connectivity index (χ2n) is 5.25. The standard InChI is InChI=1S/C14H21N3O3S/c1-10(15-2)11-4-3-5-13(8-11)21(19,20)16-9-14(18)17-12-6-7-12/h3-5,8,10,12,15-16H,6-7,9H2,1-2H3,(H,17,18). The van der Waals surface area contributed by atoms with Gasteiger partial charge in [0.25, 0.3) is 0 Å². The fraction of sp³-hybridized carbons (Fsp3) is 0.500. The van der Waals surface area contributed by atoms with Crippen molar-refractivity contribution >= 4 is 15.9 Å². The van der Waals surface area contributed by atoms with E-state index in [0.717, 1.165) is 18.4 Å². The molecule has 1 aromatic rings. The van der Waals surface area contributed by atoms with Crippen LogP contribution in [0.15, 0.2) is 29.2 Å². The van der Waals surface area contributed by atoms with E-state index < -0.39 is 10.0 Å². The highest BCUT2D eigenvalue weighted by Crippen LogP contribution is 2.18. The quantitative estimate of drug-likeness (QED) is 0.685. The zero-order valence-corrected chi connectivity index (χ0v) is 13.0. The van der Waals surface area contributed by atoms with Crippen LogP contribution in [0.5, 0.6) is 0 Å². The second-order valence-corrected chi connectivity index (χ2v) is 7.02. The molecule has 1 aliphatic rings. The highest BCUT2D eigenvalue weighted by atomic mass is 32.2. The molecule has 1 atom stereocenters. The first-order valence-electron chi connectivity index (χ1n) is 6.98. The van der Waals surface area contributed by atoms with Crippen molar-refractivity contribution in [2.45, 2.75) is 36.7 Å². The van der Waals surface area contributed by atoms with Crippen molar-refractivity contribution < 1.29 is 13.2 Å². The molecule has 1 amide bonds. The Kier molecular flexibility index (Phi) is 4.97. The highest BCUT2D eigenvalue weighted by molar-refractivity contribution is 7.89. The molecular formula is C14H21N3O3S. The Morgan fingerprint density at radius 2 is 2.10 bits per heavy atom. The van der Waals surface area contributed by atoms with Crippen molar-refractivity contribution in [3.8, 4) is 0 Å². The second kappa shape index (κ2) is 6.55. The van der Waals surface area contributed by atoms with Gasteiger partial charge in [0.05, 0.1) is 11.4 Å². The van der Waals surface area contributed by atoms with Crippen molar-refractivity contribution in [1.82, 2.24) is 15.4 Å². The molecule has 0 radical (unpaired) electrons. The van der Waals surface area contributed by atoms with Crippen LogP contribution in [0, 0.1) is 0 Å². The number of nitrogens with one attached hydrogen (secondary N) is 3. The van der Waals surface area contributed by atoms with Crippen molar-refractivity contribution in [2.75, 3.05) is 13.6 Å². The lowest BCUT2D eigenvalue weighted by Crippen LogP contribution is -2.37. The Hall–Kier alpha value is -1.44. The lowest BCUT2D eigenvalue weighted by atomic mass is 10.1. The maximum absolute atomic E-state index is 12.2. The first-order chi connectivity index (χ1) is 9.92. The van der Waals surface area contributed by atoms with E-state index in [4.69, 9.17) is 0 Å². The maximum Gasteiger partial charge on any atom is 0.241 e. The molecule has 1 aliphatic carbocycles. The summed E-state index contributed by atoms with van der Waals surface area (Å²) >= 11 is 0. The van der Waals surface area contributed by atoms with E-state index in [2.05, 4.69) is 15.4 Å². The smallest absolute Gasteiger partial charge is 0.241 e. The van der Waals surface area contributed by atoms with Gasteiger partial charge >= 0.3 is 0 Å². The third-order valence-corrected chi connectivity index (χ3v) is 4.87. The predicted octanol–water partition coefficient (Wildman–Crippen LogP) is 0.524. The summed E-state index contributed by atoms with van der Waals surface area (Å²) in [4.78, 5) is 11.7. The Labute approximate surface area is 125 Å². The van der Waals surface area contributed by atoms with Gasteiger partial charge in [-0.05, 0) is 44.5 Å². The molecule has 21 heavy (non-hydrogen) atoms. The minimum atomic E-state index is -3.67. The van der Waals surface area contributed by atoms with Gasteiger partial charge in [-0.3, -0.25) is 4.79 Å². The fourth-order valence-corrected chi connectivity index (χ4v) is 2.90. The predicted molar refractivity (Wildman–Crippen MR) is 80.3 cm³/mol. The number of sulfonamides is 1. The zero-order chi connectivity index (χ0) is 15.5. The molecule has 0 aromatic heterocycles. The largest absolute Gasteiger partial charge is 0.352 e. The summed E-state index contributed by atoms with van der Waals surface area (Å²) in [6, 6.07) is 6.97. The molecule has 1 fully saturated rings. The van der Waals surface area contributed by atoms with Gasteiger partial charge in [-0.15, -0.1) is 0 Å². The number of carbonyl (C=O) groups excluding carboxylic acids is 1. The monoisotopic (exact) mass is 311 g/mol. The van der Waals surface area contributed by atoms with Gasteiger partial charge in [-0.1, -0.05) is 12.1 Å². The lowest BCUT2D eigenvalue weighted by Gasteiger charge is -2.12. The highest BCUT2D eigenvalue weighted by Gasteiger charge is 2.24. The van der Waals surface area contributed by atoms with Crippen LogP contribution < -0.4 is 15.4 Å². The molecule has 0 heterocycles. The van der Waals surface area contributed by atoms with E-state index in [0.29, 0.717) is 0 Å². The number of hydrogen-bond donors (Lipinski definition) is 3. The van der Waals surface area contributed by atoms with Gasteiger partial charge in [0.2, 0.25) is 15.9 Å². The number of amides is 1. The summed E-state index contributed by atoms with van der Waals surface area (Å²) in [7, 11) is -1.86. The molecule has 7 heteroatoms. The van der Waals surface area contributed by atoms with Crippen molar-refractivity contribution in [3.05, 3.63) is 29.8 Å². The van der Waals surface area contributed by atoms with E-state index in [1.807, 2.05) is 20.0 Å². The molecule has 3 N–H and O–H groups in total. The Balaban J connectivity index is 2.02. The third kappa shape index (κ3) is 4.52. The van der Waals surface area contributed by atoms with Crippen LogP contribution >= 0.6 is 0 Å². The number of benzene rings is 1. The molecule has 1 aromatic carbocycles. The van der Waals surface area contributed by atoms with Crippen LogP contribution in [0.2, 0.25) is 0 Å². The van der Waals surface area contributed by atoms with E-state index in [1.54, 1.807) is 12.1 Å². The summed E-state index contributed by atoms with van der Waals surface area (Å²) in [6.07, 6.45) is 1.95. The lowest BCUT2D eigenvalue weighted by molar-refractivity contribution is -0.120. The SMILES string of the molecule is CNC(C)c1cccc(S(=O)(=O)NCC(=O)NC2CC2)c1. The molecule has 2 rings (SSSR count). The van der Waals surface area contributed by atoms with Crippen LogP contribution in [0.4, 0.5) is 0 Å². The van der Waals surface area contributed by atoms with Gasteiger partial charge in [0, 0.05) is 12.1 Å². The molecular weight excluding hydrogens is 290 g/mol.